The summed E-state index contributed by atoms with van der Waals surface area (Å²) >= 11 is 0. The lowest BCUT2D eigenvalue weighted by Crippen LogP contribution is -2.18. The highest BCUT2D eigenvalue weighted by Gasteiger charge is 2.22. The number of rotatable bonds is 11. The maximum absolute atomic E-state index is 14.0. The second-order valence-corrected chi connectivity index (χ2v) is 17.5. The van der Waals surface area contributed by atoms with E-state index >= 15 is 0 Å². The van der Waals surface area contributed by atoms with Crippen LogP contribution in [0.15, 0.2) is 112 Å². The van der Waals surface area contributed by atoms with Gasteiger partial charge in [-0.05, 0) is 43.3 Å². The van der Waals surface area contributed by atoms with Gasteiger partial charge in [-0.1, -0.05) is 36.4 Å². The normalized spacial score (nSPS) is 11.6. The van der Waals surface area contributed by atoms with Crippen LogP contribution in [0.4, 0.5) is 8.78 Å². The number of nitrogens with two attached hydrogens (primary N) is 1. The number of nitrogens with one attached hydrogen (secondary N) is 2. The summed E-state index contributed by atoms with van der Waals surface area (Å²) in [5, 5.41) is 17.5. The fourth-order valence-corrected chi connectivity index (χ4v) is 7.09. The monoisotopic (exact) mass is 889 g/mol. The molecule has 0 amide bonds. The van der Waals surface area contributed by atoms with Crippen LogP contribution in [0.2, 0.25) is 0 Å². The van der Waals surface area contributed by atoms with Crippen molar-refractivity contribution in [1.82, 2.24) is 44.4 Å². The summed E-state index contributed by atoms with van der Waals surface area (Å²) in [5.41, 5.74) is 7.43. The van der Waals surface area contributed by atoms with Crippen LogP contribution in [0, 0.1) is 17.0 Å². The molecule has 324 valence electrons. The number of hydrogen-bond donors (Lipinski definition) is 3. The van der Waals surface area contributed by atoms with Crippen LogP contribution in [0.5, 0.6) is 0 Å². The van der Waals surface area contributed by atoms with E-state index in [1.807, 2.05) is 0 Å². The molecule has 0 aliphatic carbocycles. The van der Waals surface area contributed by atoms with Crippen LogP contribution in [-0.4, -0.2) is 106 Å². The number of pyridine rings is 2. The Labute approximate surface area is 354 Å². The Morgan fingerprint density at radius 3 is 1.85 bits per heavy atom. The lowest BCUT2D eigenvalue weighted by Gasteiger charge is -2.09. The highest BCUT2D eigenvalue weighted by molar-refractivity contribution is 7.95. The van der Waals surface area contributed by atoms with Crippen LogP contribution in [0.1, 0.15) is 23.7 Å². The van der Waals surface area contributed by atoms with Gasteiger partial charge in [-0.15, -0.1) is 0 Å². The van der Waals surface area contributed by atoms with Crippen molar-refractivity contribution in [3.63, 3.8) is 0 Å². The minimum absolute atomic E-state index is 0.0997. The fraction of sp³-hybridized carbons (Fsp3) is 0.200. The topological polar surface area (TPSA) is 255 Å². The zero-order valence-electron chi connectivity index (χ0n) is 33.9. The zero-order valence-corrected chi connectivity index (χ0v) is 35.6. The molecule has 7 rings (SSSR count). The van der Waals surface area contributed by atoms with Gasteiger partial charge in [0.05, 0.1) is 36.7 Å². The van der Waals surface area contributed by atoms with Gasteiger partial charge in [-0.2, -0.15) is 10.2 Å². The van der Waals surface area contributed by atoms with Gasteiger partial charge in [0.2, 0.25) is 0 Å². The van der Waals surface area contributed by atoms with Crippen LogP contribution >= 0.6 is 0 Å². The van der Waals surface area contributed by atoms with Gasteiger partial charge in [0, 0.05) is 56.3 Å². The Kier molecular flexibility index (Phi) is 14.4. The van der Waals surface area contributed by atoms with Gasteiger partial charge in [-0.25, -0.2) is 54.7 Å². The van der Waals surface area contributed by atoms with Crippen LogP contribution in [0.25, 0.3) is 33.6 Å². The summed E-state index contributed by atoms with van der Waals surface area (Å²) < 4.78 is 81.1. The van der Waals surface area contributed by atoms with E-state index in [9.17, 15) is 35.2 Å². The third kappa shape index (κ3) is 11.1. The number of benzene rings is 2. The molecule has 0 saturated heterocycles. The minimum Gasteiger partial charge on any atom is -0.462 e. The number of esters is 1. The van der Waals surface area contributed by atoms with E-state index in [0.29, 0.717) is 44.6 Å². The molecular formula is C40H41F2N11O7S2. The van der Waals surface area contributed by atoms with Crippen molar-refractivity contribution in [2.24, 2.45) is 5.73 Å². The molecule has 0 atom stereocenters. The lowest BCUT2D eigenvalue weighted by molar-refractivity contribution is -0.137. The Bertz CT molecular complexity index is 3090. The fourth-order valence-electron chi connectivity index (χ4n) is 5.69. The van der Waals surface area contributed by atoms with Gasteiger partial charge in [-0.3, -0.25) is 10.2 Å². The molecule has 0 fully saturated rings. The molecule has 0 aliphatic heterocycles. The first-order valence-electron chi connectivity index (χ1n) is 18.3. The van der Waals surface area contributed by atoms with E-state index in [1.165, 1.54) is 27.9 Å². The molecule has 62 heavy (non-hydrogen) atoms. The lowest BCUT2D eigenvalue weighted by atomic mass is 10.2. The van der Waals surface area contributed by atoms with Gasteiger partial charge in [0.25, 0.3) is 5.56 Å². The number of fused-ring (bicyclic) bond motifs is 2. The molecule has 0 aliphatic rings. The molecule has 5 aromatic heterocycles. The van der Waals surface area contributed by atoms with Crippen molar-refractivity contribution in [3.8, 4) is 11.5 Å². The molecule has 0 bridgehead atoms. The van der Waals surface area contributed by atoms with E-state index in [1.54, 1.807) is 98.8 Å². The van der Waals surface area contributed by atoms with Gasteiger partial charge < -0.3 is 20.4 Å². The summed E-state index contributed by atoms with van der Waals surface area (Å²) in [6.45, 7) is 2.14. The third-order valence-electron chi connectivity index (χ3n) is 8.47. The molecule has 7 aromatic rings. The van der Waals surface area contributed by atoms with E-state index in [2.05, 4.69) is 34.9 Å². The summed E-state index contributed by atoms with van der Waals surface area (Å²) in [5.74, 6) is -1.51. The van der Waals surface area contributed by atoms with Crippen LogP contribution in [0.3, 0.4) is 0 Å². The van der Waals surface area contributed by atoms with Crippen molar-refractivity contribution in [2.45, 2.75) is 24.9 Å². The van der Waals surface area contributed by atoms with E-state index < -0.39 is 36.1 Å². The van der Waals surface area contributed by atoms with Crippen molar-refractivity contribution >= 4 is 53.5 Å². The molecule has 0 unspecified atom stereocenters. The Balaban J connectivity index is 0.000000188. The number of halogens is 2. The average Bonchev–Trinajstić information content (AvgIpc) is 3.77. The van der Waals surface area contributed by atoms with Gasteiger partial charge in [0.15, 0.2) is 41.7 Å². The zero-order chi connectivity index (χ0) is 45.4. The van der Waals surface area contributed by atoms with Crippen molar-refractivity contribution in [3.05, 3.63) is 141 Å². The predicted molar refractivity (Wildman–Crippen MR) is 227 cm³/mol. The molecule has 18 nitrogen and oxygen atoms in total. The first-order chi connectivity index (χ1) is 29.3. The maximum Gasteiger partial charge on any atom is 0.351 e. The summed E-state index contributed by atoms with van der Waals surface area (Å²) in [6.07, 6.45) is 7.34. The first kappa shape index (κ1) is 45.9. The predicted octanol–water partition coefficient (Wildman–Crippen LogP) is 3.67. The number of nitrogens with zero attached hydrogens (tertiary/aromatic N) is 8. The van der Waals surface area contributed by atoms with Gasteiger partial charge in [0.1, 0.15) is 33.8 Å². The summed E-state index contributed by atoms with van der Waals surface area (Å²) in [7, 11) is -3.98. The molecule has 0 saturated carbocycles. The largest absolute Gasteiger partial charge is 0.462 e. The van der Waals surface area contributed by atoms with E-state index in [-0.39, 0.29) is 47.9 Å². The second-order valence-electron chi connectivity index (χ2n) is 13.5. The average molecular weight is 890 g/mol. The number of nitrogen functional groups attached to an aromatic ring is 1. The first-order valence-corrected chi connectivity index (χ1v) is 22.1. The molecule has 0 radical (unpaired) electrons. The number of carbonyl (C=O) groups excluding carboxylic acids is 1. The standard InChI is InChI=1S/C18H14FN5O3S.C14H12FN5.C8H15NO4S/c1-28(26,27)14-9-21-16(22-18(14)25)15-12-6-4-8-20-17(12)24(23-15)10-11-5-2-3-7-13(11)19;15-11-6-2-1-4-9(11)8-20-14-10(5-3-7-18-14)12(19-20)13(16)17;1-5-13-8(10)7(6-9(2)3)14(4,11)12/h2-9H,10H2,1H3,(H,21,22,25);1-7H,8H2,(H3,16,17);6H,5H2,1-4H3/b;;7-6+. The second kappa shape index (κ2) is 19.5. The molecule has 22 heteroatoms. The number of aromatic nitrogens is 8. The molecule has 5 heterocycles. The van der Waals surface area contributed by atoms with Crippen LogP contribution < -0.4 is 11.3 Å². The maximum atomic E-state index is 14.0. The van der Waals surface area contributed by atoms with E-state index in [0.717, 1.165) is 18.7 Å². The third-order valence-corrected chi connectivity index (χ3v) is 10.6. The highest BCUT2D eigenvalue weighted by atomic mass is 32.2. The molecule has 2 aromatic carbocycles. The van der Waals surface area contributed by atoms with Crippen molar-refractivity contribution in [2.75, 3.05) is 33.2 Å². The quantitative estimate of drug-likeness (QED) is 0.0726. The van der Waals surface area contributed by atoms with Crippen LogP contribution in [-0.2, 0) is 42.3 Å². The number of H-pyrrole nitrogens is 1. The van der Waals surface area contributed by atoms with Gasteiger partial charge >= 0.3 is 5.97 Å². The number of aromatic amines is 1. The Morgan fingerprint density at radius 2 is 1.37 bits per heavy atom. The molecule has 4 N–H and O–H groups in total. The summed E-state index contributed by atoms with van der Waals surface area (Å²) in [4.78, 5) is 39.2. The van der Waals surface area contributed by atoms with E-state index in [4.69, 9.17) is 11.1 Å². The number of sulfone groups is 2. The summed E-state index contributed by atoms with van der Waals surface area (Å²) in [6, 6.07) is 19.8. The Hall–Kier alpha value is -7.20. The Morgan fingerprint density at radius 1 is 0.839 bits per heavy atom. The number of hydrogen-bond acceptors (Lipinski definition) is 14. The van der Waals surface area contributed by atoms with Crippen molar-refractivity contribution < 1.29 is 35.1 Å². The number of amidine groups is 1. The minimum atomic E-state index is -3.70. The molecule has 0 spiro atoms. The molecular weight excluding hydrogens is 849 g/mol. The SMILES string of the molecule is CCOC(=O)/C(=C\N(C)C)S(C)(=O)=O.CS(=O)(=O)c1cnc(-c2nn(Cc3ccccc3F)c3ncccc23)[nH]c1=O.N=C(N)c1nn(Cc2ccccc2F)c2ncccc12. The number of carbonyl (C=O) groups is 1. The highest BCUT2D eigenvalue weighted by Crippen LogP contribution is 2.25. The van der Waals surface area contributed by atoms with Crippen molar-refractivity contribution in [1.29, 1.82) is 5.41 Å². The smallest absolute Gasteiger partial charge is 0.351 e. The number of ether oxygens (including phenoxy) is 1.